The SMILES string of the molecule is CCNC(=NCCN(C)C1CCCC1)N1CCC(C(=O)OC)CC1. The standard InChI is InChI=1S/C18H34N4O2/c1-4-19-18(20-11-14-21(2)16-7-5-6-8-16)22-12-9-15(10-13-22)17(23)24-3/h15-16H,4-14H2,1-3H3,(H,19,20). The number of ether oxygens (including phenoxy) is 1. The Bertz CT molecular complexity index is 413. The molecule has 0 atom stereocenters. The summed E-state index contributed by atoms with van der Waals surface area (Å²) in [5.74, 6) is 0.957. The lowest BCUT2D eigenvalue weighted by molar-refractivity contribution is -0.146. The molecular formula is C18H34N4O2. The topological polar surface area (TPSA) is 57.2 Å². The molecule has 24 heavy (non-hydrogen) atoms. The molecule has 0 radical (unpaired) electrons. The maximum Gasteiger partial charge on any atom is 0.308 e. The highest BCUT2D eigenvalue weighted by Gasteiger charge is 2.27. The van der Waals surface area contributed by atoms with E-state index in [9.17, 15) is 4.79 Å². The molecule has 0 aromatic rings. The highest BCUT2D eigenvalue weighted by molar-refractivity contribution is 5.80. The minimum Gasteiger partial charge on any atom is -0.469 e. The zero-order valence-electron chi connectivity index (χ0n) is 15.6. The van der Waals surface area contributed by atoms with Crippen molar-refractivity contribution in [1.29, 1.82) is 0 Å². The molecule has 6 nitrogen and oxygen atoms in total. The first kappa shape index (κ1) is 19.0. The van der Waals surface area contributed by atoms with Gasteiger partial charge in [0.1, 0.15) is 0 Å². The van der Waals surface area contributed by atoms with E-state index in [0.717, 1.165) is 57.6 Å². The van der Waals surface area contributed by atoms with Gasteiger partial charge in [-0.2, -0.15) is 0 Å². The molecule has 0 amide bonds. The first-order valence-corrected chi connectivity index (χ1v) is 9.47. The number of likely N-dealkylation sites (N-methyl/N-ethyl adjacent to an activating group) is 1. The molecule has 1 saturated carbocycles. The number of piperidine rings is 1. The van der Waals surface area contributed by atoms with E-state index in [0.29, 0.717) is 0 Å². The zero-order valence-corrected chi connectivity index (χ0v) is 15.6. The van der Waals surface area contributed by atoms with Gasteiger partial charge in [0.2, 0.25) is 0 Å². The Hall–Kier alpha value is -1.30. The Kier molecular flexibility index (Phi) is 7.82. The average molecular weight is 338 g/mol. The van der Waals surface area contributed by atoms with Crippen LogP contribution in [0.2, 0.25) is 0 Å². The molecule has 0 bridgehead atoms. The highest BCUT2D eigenvalue weighted by Crippen LogP contribution is 2.22. The van der Waals surface area contributed by atoms with E-state index in [1.807, 2.05) is 0 Å². The maximum absolute atomic E-state index is 11.6. The number of rotatable bonds is 6. The lowest BCUT2D eigenvalue weighted by atomic mass is 9.97. The highest BCUT2D eigenvalue weighted by atomic mass is 16.5. The monoisotopic (exact) mass is 338 g/mol. The summed E-state index contributed by atoms with van der Waals surface area (Å²) in [5, 5.41) is 3.39. The summed E-state index contributed by atoms with van der Waals surface area (Å²) in [6, 6.07) is 0.749. The Balaban J connectivity index is 1.81. The Morgan fingerprint density at radius 1 is 1.25 bits per heavy atom. The molecule has 0 spiro atoms. The van der Waals surface area contributed by atoms with Crippen LogP contribution < -0.4 is 5.32 Å². The number of hydrogen-bond acceptors (Lipinski definition) is 4. The van der Waals surface area contributed by atoms with Gasteiger partial charge >= 0.3 is 5.97 Å². The third-order valence-electron chi connectivity index (χ3n) is 5.33. The molecule has 0 aromatic heterocycles. The summed E-state index contributed by atoms with van der Waals surface area (Å²) >= 11 is 0. The molecule has 138 valence electrons. The summed E-state index contributed by atoms with van der Waals surface area (Å²) in [7, 11) is 3.70. The van der Waals surface area contributed by atoms with Crippen LogP contribution in [0, 0.1) is 5.92 Å². The fraction of sp³-hybridized carbons (Fsp3) is 0.889. The van der Waals surface area contributed by atoms with E-state index in [-0.39, 0.29) is 11.9 Å². The number of hydrogen-bond donors (Lipinski definition) is 1. The van der Waals surface area contributed by atoms with Crippen LogP contribution in [0.5, 0.6) is 0 Å². The number of nitrogens with one attached hydrogen (secondary N) is 1. The minimum atomic E-state index is -0.0743. The normalized spacial score (nSPS) is 20.7. The van der Waals surface area contributed by atoms with E-state index >= 15 is 0 Å². The molecule has 1 heterocycles. The summed E-state index contributed by atoms with van der Waals surface area (Å²) < 4.78 is 4.86. The second-order valence-electron chi connectivity index (χ2n) is 6.94. The Morgan fingerprint density at radius 2 is 1.92 bits per heavy atom. The van der Waals surface area contributed by atoms with Gasteiger partial charge in [-0.1, -0.05) is 12.8 Å². The zero-order chi connectivity index (χ0) is 17.4. The first-order valence-electron chi connectivity index (χ1n) is 9.47. The minimum absolute atomic E-state index is 0.0441. The number of methoxy groups -OCH3 is 1. The number of guanidine groups is 1. The molecule has 2 fully saturated rings. The number of carbonyl (C=O) groups excluding carboxylic acids is 1. The van der Waals surface area contributed by atoms with Crippen LogP contribution in [-0.2, 0) is 9.53 Å². The fourth-order valence-electron chi connectivity index (χ4n) is 3.76. The summed E-state index contributed by atoms with van der Waals surface area (Å²) in [5.41, 5.74) is 0. The van der Waals surface area contributed by atoms with E-state index < -0.39 is 0 Å². The van der Waals surface area contributed by atoms with Crippen LogP contribution in [0.4, 0.5) is 0 Å². The van der Waals surface area contributed by atoms with Crippen molar-refractivity contribution in [2.75, 3.05) is 46.9 Å². The van der Waals surface area contributed by atoms with Crippen molar-refractivity contribution >= 4 is 11.9 Å². The van der Waals surface area contributed by atoms with Crippen LogP contribution in [-0.4, -0.2) is 74.7 Å². The smallest absolute Gasteiger partial charge is 0.308 e. The predicted octanol–water partition coefficient (Wildman–Crippen LogP) is 1.71. The van der Waals surface area contributed by atoms with Crippen LogP contribution in [0.3, 0.4) is 0 Å². The largest absolute Gasteiger partial charge is 0.469 e. The molecule has 1 aliphatic heterocycles. The van der Waals surface area contributed by atoms with Crippen molar-refractivity contribution in [3.8, 4) is 0 Å². The van der Waals surface area contributed by atoms with Gasteiger partial charge in [0.15, 0.2) is 5.96 Å². The first-order chi connectivity index (χ1) is 11.7. The van der Waals surface area contributed by atoms with Gasteiger partial charge in [-0.3, -0.25) is 9.79 Å². The lowest BCUT2D eigenvalue weighted by Gasteiger charge is -2.33. The third kappa shape index (κ3) is 5.36. The van der Waals surface area contributed by atoms with Crippen molar-refractivity contribution in [1.82, 2.24) is 15.1 Å². The van der Waals surface area contributed by atoms with Crippen molar-refractivity contribution in [2.24, 2.45) is 10.9 Å². The van der Waals surface area contributed by atoms with Crippen molar-refractivity contribution in [3.63, 3.8) is 0 Å². The second kappa shape index (κ2) is 9.87. The van der Waals surface area contributed by atoms with Crippen molar-refractivity contribution in [3.05, 3.63) is 0 Å². The maximum atomic E-state index is 11.6. The summed E-state index contributed by atoms with van der Waals surface area (Å²) in [6.07, 6.45) is 7.10. The summed E-state index contributed by atoms with van der Waals surface area (Å²) in [4.78, 5) is 21.2. The van der Waals surface area contributed by atoms with Crippen molar-refractivity contribution < 1.29 is 9.53 Å². The van der Waals surface area contributed by atoms with Gasteiger partial charge in [0.05, 0.1) is 19.6 Å². The van der Waals surface area contributed by atoms with Gasteiger partial charge in [0.25, 0.3) is 0 Å². The van der Waals surface area contributed by atoms with E-state index in [4.69, 9.17) is 9.73 Å². The number of nitrogens with zero attached hydrogens (tertiary/aromatic N) is 3. The lowest BCUT2D eigenvalue weighted by Crippen LogP contribution is -2.47. The molecule has 1 aliphatic carbocycles. The van der Waals surface area contributed by atoms with Gasteiger partial charge in [0, 0.05) is 32.2 Å². The fourth-order valence-corrected chi connectivity index (χ4v) is 3.76. The van der Waals surface area contributed by atoms with Gasteiger partial charge < -0.3 is 19.9 Å². The van der Waals surface area contributed by atoms with Gasteiger partial charge in [-0.05, 0) is 39.7 Å². The molecule has 2 aliphatic rings. The molecule has 1 saturated heterocycles. The number of aliphatic imine (C=N–C) groups is 1. The van der Waals surface area contributed by atoms with Crippen LogP contribution >= 0.6 is 0 Å². The molecule has 1 N–H and O–H groups in total. The molecule has 0 aromatic carbocycles. The Labute approximate surface area is 146 Å². The quantitative estimate of drug-likeness (QED) is 0.454. The van der Waals surface area contributed by atoms with Gasteiger partial charge in [-0.15, -0.1) is 0 Å². The number of carbonyl (C=O) groups is 1. The predicted molar refractivity (Wildman–Crippen MR) is 97.2 cm³/mol. The number of likely N-dealkylation sites (tertiary alicyclic amines) is 1. The molecule has 0 unspecified atom stereocenters. The molecule has 6 heteroatoms. The number of esters is 1. The van der Waals surface area contributed by atoms with E-state index in [1.54, 1.807) is 0 Å². The average Bonchev–Trinajstić information content (AvgIpc) is 3.15. The van der Waals surface area contributed by atoms with E-state index in [1.165, 1.54) is 32.8 Å². The summed E-state index contributed by atoms with van der Waals surface area (Å²) in [6.45, 7) is 6.54. The van der Waals surface area contributed by atoms with E-state index in [2.05, 4.69) is 29.1 Å². The Morgan fingerprint density at radius 3 is 2.50 bits per heavy atom. The molecular weight excluding hydrogens is 304 g/mol. The van der Waals surface area contributed by atoms with Crippen LogP contribution in [0.1, 0.15) is 45.4 Å². The van der Waals surface area contributed by atoms with Crippen LogP contribution in [0.25, 0.3) is 0 Å². The third-order valence-corrected chi connectivity index (χ3v) is 5.33. The van der Waals surface area contributed by atoms with Crippen molar-refractivity contribution in [2.45, 2.75) is 51.5 Å². The molecule has 2 rings (SSSR count). The second-order valence-corrected chi connectivity index (χ2v) is 6.94. The van der Waals surface area contributed by atoms with Gasteiger partial charge in [-0.25, -0.2) is 0 Å². The van der Waals surface area contributed by atoms with Crippen LogP contribution in [0.15, 0.2) is 4.99 Å².